The Labute approximate surface area is 112 Å². The first-order chi connectivity index (χ1) is 8.16. The van der Waals surface area contributed by atoms with E-state index >= 15 is 0 Å². The molecule has 0 unspecified atom stereocenters. The molecule has 2 nitrogen and oxygen atoms in total. The van der Waals surface area contributed by atoms with Gasteiger partial charge in [0.25, 0.3) is 0 Å². The van der Waals surface area contributed by atoms with Gasteiger partial charge >= 0.3 is 5.97 Å². The maximum Gasteiger partial charge on any atom is 0.311 e. The van der Waals surface area contributed by atoms with Crippen molar-refractivity contribution < 1.29 is 9.53 Å². The Morgan fingerprint density at radius 2 is 1.56 bits per heavy atom. The zero-order valence-corrected chi connectivity index (χ0v) is 13.0. The summed E-state index contributed by atoms with van der Waals surface area (Å²) >= 11 is 0. The summed E-state index contributed by atoms with van der Waals surface area (Å²) in [4.78, 5) is 12.0. The van der Waals surface area contributed by atoms with Crippen molar-refractivity contribution in [3.63, 3.8) is 0 Å². The van der Waals surface area contributed by atoms with Gasteiger partial charge in [-0.25, -0.2) is 0 Å². The molecule has 0 aromatic rings. The van der Waals surface area contributed by atoms with Crippen molar-refractivity contribution in [2.24, 2.45) is 16.7 Å². The predicted octanol–water partition coefficient (Wildman–Crippen LogP) is 4.57. The summed E-state index contributed by atoms with van der Waals surface area (Å²) < 4.78 is 5.67. The third-order valence-corrected chi connectivity index (χ3v) is 4.61. The lowest BCUT2D eigenvalue weighted by atomic mass is 9.72. The molecule has 0 aromatic carbocycles. The van der Waals surface area contributed by atoms with Crippen LogP contribution in [-0.4, -0.2) is 12.1 Å². The van der Waals surface area contributed by atoms with E-state index in [1.165, 1.54) is 12.8 Å². The zero-order chi connectivity index (χ0) is 14.0. The summed E-state index contributed by atoms with van der Waals surface area (Å²) in [6, 6.07) is 0. The van der Waals surface area contributed by atoms with E-state index in [1.807, 2.05) is 20.8 Å². The van der Waals surface area contributed by atoms with Gasteiger partial charge in [0.1, 0.15) is 6.10 Å². The molecule has 0 N–H and O–H groups in total. The molecule has 106 valence electrons. The standard InChI is InChI=1S/C16H30O2/c1-7-16(5,6)14(17)18-13-10-8-12(9-11-13)15(2,3)4/h12-13H,7-11H2,1-6H3. The van der Waals surface area contributed by atoms with Crippen LogP contribution in [0.4, 0.5) is 0 Å². The highest BCUT2D eigenvalue weighted by molar-refractivity contribution is 5.75. The third-order valence-electron chi connectivity index (χ3n) is 4.61. The summed E-state index contributed by atoms with van der Waals surface area (Å²) in [6.45, 7) is 12.9. The summed E-state index contributed by atoms with van der Waals surface area (Å²) in [5, 5.41) is 0. The summed E-state index contributed by atoms with van der Waals surface area (Å²) in [5.74, 6) is 0.746. The zero-order valence-electron chi connectivity index (χ0n) is 13.0. The quantitative estimate of drug-likeness (QED) is 0.690. The number of carbonyl (C=O) groups excluding carboxylic acids is 1. The maximum absolute atomic E-state index is 12.0. The van der Waals surface area contributed by atoms with E-state index in [2.05, 4.69) is 20.8 Å². The molecule has 1 fully saturated rings. The van der Waals surface area contributed by atoms with Gasteiger partial charge < -0.3 is 4.74 Å². The SMILES string of the molecule is CCC(C)(C)C(=O)OC1CCC(C(C)(C)C)CC1. The summed E-state index contributed by atoms with van der Waals surface area (Å²) in [6.07, 6.45) is 5.44. The number of rotatable bonds is 3. The van der Waals surface area contributed by atoms with Crippen LogP contribution in [0.3, 0.4) is 0 Å². The van der Waals surface area contributed by atoms with E-state index in [0.717, 1.165) is 25.2 Å². The molecule has 0 aliphatic heterocycles. The average Bonchev–Trinajstić information content (AvgIpc) is 2.28. The lowest BCUT2D eigenvalue weighted by Crippen LogP contribution is -2.34. The van der Waals surface area contributed by atoms with Crippen molar-refractivity contribution >= 4 is 5.97 Å². The van der Waals surface area contributed by atoms with E-state index in [4.69, 9.17) is 4.74 Å². The van der Waals surface area contributed by atoms with Crippen LogP contribution in [-0.2, 0) is 9.53 Å². The van der Waals surface area contributed by atoms with Gasteiger partial charge in [-0.3, -0.25) is 4.79 Å². The number of carbonyl (C=O) groups is 1. The lowest BCUT2D eigenvalue weighted by Gasteiger charge is -2.37. The number of esters is 1. The van der Waals surface area contributed by atoms with E-state index in [9.17, 15) is 4.79 Å². The fourth-order valence-electron chi connectivity index (χ4n) is 2.50. The normalized spacial score (nSPS) is 25.9. The number of hydrogen-bond acceptors (Lipinski definition) is 2. The molecule has 18 heavy (non-hydrogen) atoms. The van der Waals surface area contributed by atoms with Crippen LogP contribution < -0.4 is 0 Å². The second kappa shape index (κ2) is 5.63. The monoisotopic (exact) mass is 254 g/mol. The molecule has 0 heterocycles. The Balaban J connectivity index is 2.43. The minimum absolute atomic E-state index is 0.0239. The smallest absolute Gasteiger partial charge is 0.311 e. The van der Waals surface area contributed by atoms with Crippen LogP contribution >= 0.6 is 0 Å². The Morgan fingerprint density at radius 3 is 1.94 bits per heavy atom. The highest BCUT2D eigenvalue weighted by Gasteiger charge is 2.34. The topological polar surface area (TPSA) is 26.3 Å². The molecule has 1 rings (SSSR count). The lowest BCUT2D eigenvalue weighted by molar-refractivity contribution is -0.162. The van der Waals surface area contributed by atoms with Gasteiger partial charge in [0.05, 0.1) is 5.41 Å². The van der Waals surface area contributed by atoms with E-state index in [-0.39, 0.29) is 17.5 Å². The van der Waals surface area contributed by atoms with Crippen LogP contribution in [0.5, 0.6) is 0 Å². The van der Waals surface area contributed by atoms with Crippen LogP contribution in [0.25, 0.3) is 0 Å². The summed E-state index contributed by atoms with van der Waals surface area (Å²) in [5.41, 5.74) is 0.0541. The molecule has 1 saturated carbocycles. The second-order valence-corrected chi connectivity index (χ2v) is 7.48. The number of hydrogen-bond donors (Lipinski definition) is 0. The van der Waals surface area contributed by atoms with E-state index in [0.29, 0.717) is 5.41 Å². The van der Waals surface area contributed by atoms with Crippen LogP contribution in [0.2, 0.25) is 0 Å². The summed E-state index contributed by atoms with van der Waals surface area (Å²) in [7, 11) is 0. The fraction of sp³-hybridized carbons (Fsp3) is 0.938. The molecular weight excluding hydrogens is 224 g/mol. The van der Waals surface area contributed by atoms with Crippen LogP contribution in [0.15, 0.2) is 0 Å². The second-order valence-electron chi connectivity index (χ2n) is 7.48. The number of ether oxygens (including phenoxy) is 1. The van der Waals surface area contributed by atoms with Crippen molar-refractivity contribution in [2.75, 3.05) is 0 Å². The molecule has 1 aliphatic carbocycles. The molecule has 0 spiro atoms. The molecule has 1 aliphatic rings. The Bertz CT molecular complexity index is 278. The largest absolute Gasteiger partial charge is 0.462 e. The van der Waals surface area contributed by atoms with Crippen molar-refractivity contribution in [3.8, 4) is 0 Å². The minimum atomic E-state index is -0.332. The molecule has 0 aromatic heterocycles. The van der Waals surface area contributed by atoms with Gasteiger partial charge in [-0.05, 0) is 57.3 Å². The first-order valence-corrected chi connectivity index (χ1v) is 7.38. The Morgan fingerprint density at radius 1 is 1.06 bits per heavy atom. The van der Waals surface area contributed by atoms with Gasteiger partial charge in [0.15, 0.2) is 0 Å². The maximum atomic E-state index is 12.0. The van der Waals surface area contributed by atoms with Crippen molar-refractivity contribution in [1.29, 1.82) is 0 Å². The molecular formula is C16H30O2. The van der Waals surface area contributed by atoms with Crippen molar-refractivity contribution in [1.82, 2.24) is 0 Å². The molecule has 0 amide bonds. The van der Waals surface area contributed by atoms with E-state index in [1.54, 1.807) is 0 Å². The molecule has 0 bridgehead atoms. The van der Waals surface area contributed by atoms with Crippen LogP contribution in [0, 0.1) is 16.7 Å². The molecule has 2 heteroatoms. The average molecular weight is 254 g/mol. The van der Waals surface area contributed by atoms with E-state index < -0.39 is 0 Å². The Hall–Kier alpha value is -0.530. The van der Waals surface area contributed by atoms with Gasteiger partial charge in [-0.15, -0.1) is 0 Å². The fourth-order valence-corrected chi connectivity index (χ4v) is 2.50. The van der Waals surface area contributed by atoms with Crippen molar-refractivity contribution in [2.45, 2.75) is 79.8 Å². The molecule has 0 atom stereocenters. The molecule has 0 saturated heterocycles. The first-order valence-electron chi connectivity index (χ1n) is 7.38. The van der Waals surface area contributed by atoms with Crippen LogP contribution in [0.1, 0.15) is 73.6 Å². The molecule has 0 radical (unpaired) electrons. The third kappa shape index (κ3) is 4.00. The highest BCUT2D eigenvalue weighted by atomic mass is 16.5. The minimum Gasteiger partial charge on any atom is -0.462 e. The van der Waals surface area contributed by atoms with Crippen molar-refractivity contribution in [3.05, 3.63) is 0 Å². The van der Waals surface area contributed by atoms with Gasteiger partial charge in [-0.1, -0.05) is 27.7 Å². The Kier molecular flexibility index (Phi) is 4.85. The predicted molar refractivity (Wildman–Crippen MR) is 75.4 cm³/mol. The van der Waals surface area contributed by atoms with Gasteiger partial charge in [-0.2, -0.15) is 0 Å². The highest BCUT2D eigenvalue weighted by Crippen LogP contribution is 2.39. The van der Waals surface area contributed by atoms with Gasteiger partial charge in [0.2, 0.25) is 0 Å². The first kappa shape index (κ1) is 15.5. The van der Waals surface area contributed by atoms with Gasteiger partial charge in [0, 0.05) is 0 Å².